The van der Waals surface area contributed by atoms with Gasteiger partial charge in [-0.05, 0) is 43.1 Å². The molecule has 0 aliphatic carbocycles. The first kappa shape index (κ1) is 15.0. The van der Waals surface area contributed by atoms with Crippen LogP contribution in [-0.4, -0.2) is 25.1 Å². The zero-order valence-corrected chi connectivity index (χ0v) is 13.1. The number of hydrogen-bond acceptors (Lipinski definition) is 4. The van der Waals surface area contributed by atoms with E-state index >= 15 is 0 Å². The summed E-state index contributed by atoms with van der Waals surface area (Å²) in [7, 11) is 3.81. The van der Waals surface area contributed by atoms with Crippen LogP contribution >= 0.6 is 11.3 Å². The molecule has 0 saturated carbocycles. The summed E-state index contributed by atoms with van der Waals surface area (Å²) in [6, 6.07) is 12.6. The fourth-order valence-corrected chi connectivity index (χ4v) is 3.30. The van der Waals surface area contributed by atoms with Gasteiger partial charge in [-0.2, -0.15) is 0 Å². The number of rotatable bonds is 6. The molecule has 0 saturated heterocycles. The van der Waals surface area contributed by atoms with E-state index in [0.717, 1.165) is 12.3 Å². The van der Waals surface area contributed by atoms with Gasteiger partial charge in [0, 0.05) is 23.5 Å². The van der Waals surface area contributed by atoms with Gasteiger partial charge in [0.05, 0.1) is 7.11 Å². The van der Waals surface area contributed by atoms with Crippen LogP contribution in [0, 0.1) is 0 Å². The largest absolute Gasteiger partial charge is 0.497 e. The molecule has 20 heavy (non-hydrogen) atoms. The molecule has 1 aromatic carbocycles. The Bertz CT molecular complexity index is 525. The first-order chi connectivity index (χ1) is 9.61. The first-order valence-corrected chi connectivity index (χ1v) is 7.62. The van der Waals surface area contributed by atoms with Gasteiger partial charge in [-0.1, -0.05) is 18.2 Å². The molecule has 0 radical (unpaired) electrons. The minimum atomic E-state index is 0.0482. The number of nitrogens with two attached hydrogens (primary N) is 1. The van der Waals surface area contributed by atoms with Crippen LogP contribution in [0.4, 0.5) is 0 Å². The van der Waals surface area contributed by atoms with Crippen LogP contribution in [0.25, 0.3) is 0 Å². The Morgan fingerprint density at radius 1 is 1.30 bits per heavy atom. The quantitative estimate of drug-likeness (QED) is 0.887. The number of hydrogen-bond donors (Lipinski definition) is 1. The van der Waals surface area contributed by atoms with Crippen molar-refractivity contribution >= 4 is 11.3 Å². The Balaban J connectivity index is 2.21. The average Bonchev–Trinajstić information content (AvgIpc) is 2.91. The van der Waals surface area contributed by atoms with Crippen LogP contribution in [-0.2, 0) is 6.54 Å². The van der Waals surface area contributed by atoms with Crippen molar-refractivity contribution in [2.24, 2.45) is 5.73 Å². The van der Waals surface area contributed by atoms with E-state index in [1.807, 2.05) is 12.1 Å². The van der Waals surface area contributed by atoms with Crippen LogP contribution in [0.2, 0.25) is 0 Å². The normalized spacial score (nSPS) is 14.2. The minimum absolute atomic E-state index is 0.0482. The van der Waals surface area contributed by atoms with Gasteiger partial charge in [0.15, 0.2) is 0 Å². The molecule has 0 spiro atoms. The Labute approximate surface area is 125 Å². The smallest absolute Gasteiger partial charge is 0.119 e. The molecule has 1 aromatic heterocycles. The lowest BCUT2D eigenvalue weighted by molar-refractivity contribution is 0.212. The molecule has 2 aromatic rings. The lowest BCUT2D eigenvalue weighted by Gasteiger charge is -2.31. The minimum Gasteiger partial charge on any atom is -0.497 e. The van der Waals surface area contributed by atoms with E-state index in [2.05, 4.69) is 48.5 Å². The standard InChI is InChI=1S/C16H22N2OS/c1-12(17)16(13-6-4-7-14(10-13)19-3)18(2)11-15-8-5-9-20-15/h4-10,12,16H,11,17H2,1-3H3. The zero-order valence-electron chi connectivity index (χ0n) is 12.2. The second kappa shape index (κ2) is 6.88. The van der Waals surface area contributed by atoms with E-state index in [0.29, 0.717) is 0 Å². The lowest BCUT2D eigenvalue weighted by Crippen LogP contribution is -2.36. The van der Waals surface area contributed by atoms with Gasteiger partial charge in [-0.15, -0.1) is 11.3 Å². The molecule has 1 heterocycles. The summed E-state index contributed by atoms with van der Waals surface area (Å²) < 4.78 is 5.31. The fraction of sp³-hybridized carbons (Fsp3) is 0.375. The number of methoxy groups -OCH3 is 1. The number of thiophene rings is 1. The highest BCUT2D eigenvalue weighted by molar-refractivity contribution is 7.09. The van der Waals surface area contributed by atoms with Crippen molar-refractivity contribution in [3.63, 3.8) is 0 Å². The number of benzene rings is 1. The van der Waals surface area contributed by atoms with Gasteiger partial charge in [0.2, 0.25) is 0 Å². The van der Waals surface area contributed by atoms with Crippen molar-refractivity contribution < 1.29 is 4.74 Å². The highest BCUT2D eigenvalue weighted by Gasteiger charge is 2.22. The molecule has 0 aliphatic heterocycles. The number of ether oxygens (including phenoxy) is 1. The number of nitrogens with zero attached hydrogens (tertiary/aromatic N) is 1. The second-order valence-electron chi connectivity index (χ2n) is 5.08. The van der Waals surface area contributed by atoms with Gasteiger partial charge >= 0.3 is 0 Å². The fourth-order valence-electron chi connectivity index (χ4n) is 2.53. The van der Waals surface area contributed by atoms with Crippen molar-refractivity contribution in [2.45, 2.75) is 25.6 Å². The van der Waals surface area contributed by atoms with Gasteiger partial charge in [-0.25, -0.2) is 0 Å². The maximum absolute atomic E-state index is 6.21. The molecule has 2 unspecified atom stereocenters. The molecule has 4 heteroatoms. The number of likely N-dealkylation sites (N-methyl/N-ethyl adjacent to an activating group) is 1. The third-order valence-corrected chi connectivity index (χ3v) is 4.25. The highest BCUT2D eigenvalue weighted by atomic mass is 32.1. The Morgan fingerprint density at radius 2 is 2.10 bits per heavy atom. The predicted molar refractivity (Wildman–Crippen MR) is 85.2 cm³/mol. The first-order valence-electron chi connectivity index (χ1n) is 6.74. The van der Waals surface area contributed by atoms with Crippen LogP contribution in [0.15, 0.2) is 41.8 Å². The maximum Gasteiger partial charge on any atom is 0.119 e. The van der Waals surface area contributed by atoms with Crippen LogP contribution in [0.1, 0.15) is 23.4 Å². The zero-order chi connectivity index (χ0) is 14.5. The monoisotopic (exact) mass is 290 g/mol. The molecule has 2 N–H and O–H groups in total. The summed E-state index contributed by atoms with van der Waals surface area (Å²) in [4.78, 5) is 3.65. The molecule has 0 amide bonds. The third-order valence-electron chi connectivity index (χ3n) is 3.39. The van der Waals surface area contributed by atoms with E-state index in [1.54, 1.807) is 18.4 Å². The van der Waals surface area contributed by atoms with Crippen LogP contribution in [0.3, 0.4) is 0 Å². The lowest BCUT2D eigenvalue weighted by atomic mass is 9.99. The molecular formula is C16H22N2OS. The maximum atomic E-state index is 6.21. The highest BCUT2D eigenvalue weighted by Crippen LogP contribution is 2.27. The summed E-state index contributed by atoms with van der Waals surface area (Å²) in [5, 5.41) is 2.11. The molecule has 2 atom stereocenters. The predicted octanol–water partition coefficient (Wildman–Crippen LogP) is 3.28. The summed E-state index contributed by atoms with van der Waals surface area (Å²) in [5.74, 6) is 0.873. The van der Waals surface area contributed by atoms with E-state index in [9.17, 15) is 0 Å². The van der Waals surface area contributed by atoms with Crippen molar-refractivity contribution in [2.75, 3.05) is 14.2 Å². The van der Waals surface area contributed by atoms with Crippen molar-refractivity contribution in [3.05, 3.63) is 52.2 Å². The molecule has 108 valence electrons. The Morgan fingerprint density at radius 3 is 2.70 bits per heavy atom. The summed E-state index contributed by atoms with van der Waals surface area (Å²) in [6.45, 7) is 2.95. The van der Waals surface area contributed by atoms with Crippen molar-refractivity contribution in [1.29, 1.82) is 0 Å². The Kier molecular flexibility index (Phi) is 5.17. The van der Waals surface area contributed by atoms with Gasteiger partial charge in [-0.3, -0.25) is 4.90 Å². The average molecular weight is 290 g/mol. The Hall–Kier alpha value is -1.36. The second-order valence-corrected chi connectivity index (χ2v) is 6.11. The van der Waals surface area contributed by atoms with Crippen molar-refractivity contribution in [1.82, 2.24) is 4.90 Å². The molecular weight excluding hydrogens is 268 g/mol. The van der Waals surface area contributed by atoms with Gasteiger partial charge in [0.25, 0.3) is 0 Å². The molecule has 0 aliphatic rings. The molecule has 3 nitrogen and oxygen atoms in total. The van der Waals surface area contributed by atoms with E-state index < -0.39 is 0 Å². The SMILES string of the molecule is COc1cccc(C(C(C)N)N(C)Cc2cccs2)c1. The molecule has 0 fully saturated rings. The molecule has 0 bridgehead atoms. The summed E-state index contributed by atoms with van der Waals surface area (Å²) >= 11 is 1.78. The van der Waals surface area contributed by atoms with Crippen LogP contribution in [0.5, 0.6) is 5.75 Å². The van der Waals surface area contributed by atoms with Gasteiger partial charge in [0.1, 0.15) is 5.75 Å². The van der Waals surface area contributed by atoms with Crippen molar-refractivity contribution in [3.8, 4) is 5.75 Å². The summed E-state index contributed by atoms with van der Waals surface area (Å²) in [6.07, 6.45) is 0. The summed E-state index contributed by atoms with van der Waals surface area (Å²) in [5.41, 5.74) is 7.40. The topological polar surface area (TPSA) is 38.5 Å². The van der Waals surface area contributed by atoms with E-state index in [-0.39, 0.29) is 12.1 Å². The van der Waals surface area contributed by atoms with E-state index in [1.165, 1.54) is 10.4 Å². The third kappa shape index (κ3) is 3.60. The molecule has 2 rings (SSSR count). The van der Waals surface area contributed by atoms with E-state index in [4.69, 9.17) is 10.5 Å². The van der Waals surface area contributed by atoms with Crippen LogP contribution < -0.4 is 10.5 Å². The van der Waals surface area contributed by atoms with Gasteiger partial charge < -0.3 is 10.5 Å².